The Morgan fingerprint density at radius 3 is 2.83 bits per heavy atom. The highest BCUT2D eigenvalue weighted by Crippen LogP contribution is 2.27. The zero-order valence-electron chi connectivity index (χ0n) is 10.5. The molecule has 1 saturated carbocycles. The minimum atomic E-state index is -0.520. The lowest BCUT2D eigenvalue weighted by molar-refractivity contribution is 0.100. The predicted octanol–water partition coefficient (Wildman–Crippen LogP) is 1.75. The van der Waals surface area contributed by atoms with Gasteiger partial charge in [-0.3, -0.25) is 4.79 Å². The van der Waals surface area contributed by atoms with Crippen molar-refractivity contribution in [2.75, 3.05) is 17.6 Å². The Bertz CT molecular complexity index is 427. The summed E-state index contributed by atoms with van der Waals surface area (Å²) < 4.78 is 0. The summed E-state index contributed by atoms with van der Waals surface area (Å²) in [5, 5.41) is 3.22. The quantitative estimate of drug-likeness (QED) is 0.740. The molecule has 0 unspecified atom stereocenters. The van der Waals surface area contributed by atoms with Crippen LogP contribution >= 0.6 is 0 Å². The van der Waals surface area contributed by atoms with Crippen molar-refractivity contribution in [1.82, 2.24) is 4.98 Å². The fourth-order valence-electron chi connectivity index (χ4n) is 2.48. The standard InChI is InChI=1S/C13H20N4O/c14-11-8-17-12(7-10(11)13(15)18)16-6-5-9-3-1-2-4-9/h7-9H,1-6,14H2,(H2,15,18)(H,16,17). The van der Waals surface area contributed by atoms with Crippen molar-refractivity contribution in [1.29, 1.82) is 0 Å². The van der Waals surface area contributed by atoms with Crippen LogP contribution < -0.4 is 16.8 Å². The Balaban J connectivity index is 1.88. The molecular weight excluding hydrogens is 228 g/mol. The third kappa shape index (κ3) is 3.12. The molecule has 0 bridgehead atoms. The van der Waals surface area contributed by atoms with E-state index >= 15 is 0 Å². The van der Waals surface area contributed by atoms with Gasteiger partial charge in [-0.25, -0.2) is 4.98 Å². The number of aromatic nitrogens is 1. The number of carbonyl (C=O) groups excluding carboxylic acids is 1. The molecule has 5 nitrogen and oxygen atoms in total. The van der Waals surface area contributed by atoms with Crippen LogP contribution in [0.2, 0.25) is 0 Å². The molecule has 98 valence electrons. The maximum absolute atomic E-state index is 11.1. The summed E-state index contributed by atoms with van der Waals surface area (Å²) in [6.07, 6.45) is 8.01. The fraction of sp³-hybridized carbons (Fsp3) is 0.538. The van der Waals surface area contributed by atoms with Crippen molar-refractivity contribution in [2.45, 2.75) is 32.1 Å². The molecule has 0 spiro atoms. The Morgan fingerprint density at radius 2 is 2.17 bits per heavy atom. The normalized spacial score (nSPS) is 15.8. The van der Waals surface area contributed by atoms with Crippen LogP contribution in [0.3, 0.4) is 0 Å². The lowest BCUT2D eigenvalue weighted by atomic mass is 10.0. The van der Waals surface area contributed by atoms with Crippen LogP contribution in [0.4, 0.5) is 11.5 Å². The maximum Gasteiger partial charge on any atom is 0.250 e. The van der Waals surface area contributed by atoms with Crippen molar-refractivity contribution in [3.63, 3.8) is 0 Å². The molecule has 1 aromatic rings. The van der Waals surface area contributed by atoms with Crippen LogP contribution in [0, 0.1) is 5.92 Å². The van der Waals surface area contributed by atoms with Crippen LogP contribution in [0.15, 0.2) is 12.3 Å². The van der Waals surface area contributed by atoms with Crippen molar-refractivity contribution >= 4 is 17.4 Å². The van der Waals surface area contributed by atoms with E-state index < -0.39 is 5.91 Å². The molecule has 0 aliphatic heterocycles. The molecule has 5 heteroatoms. The number of nitrogen functional groups attached to an aromatic ring is 1. The first kappa shape index (κ1) is 12.7. The minimum Gasteiger partial charge on any atom is -0.397 e. The smallest absolute Gasteiger partial charge is 0.250 e. The van der Waals surface area contributed by atoms with Crippen molar-refractivity contribution in [3.8, 4) is 0 Å². The van der Waals surface area contributed by atoms with Gasteiger partial charge in [0.1, 0.15) is 5.82 Å². The summed E-state index contributed by atoms with van der Waals surface area (Å²) in [5.41, 5.74) is 11.5. The lowest BCUT2D eigenvalue weighted by Crippen LogP contribution is -2.15. The Labute approximate surface area is 107 Å². The number of primary amides is 1. The Morgan fingerprint density at radius 1 is 1.44 bits per heavy atom. The summed E-state index contributed by atoms with van der Waals surface area (Å²) in [7, 11) is 0. The number of anilines is 2. The highest BCUT2D eigenvalue weighted by molar-refractivity contribution is 5.98. The predicted molar refractivity (Wildman–Crippen MR) is 72.2 cm³/mol. The van der Waals surface area contributed by atoms with Gasteiger partial charge in [0.2, 0.25) is 0 Å². The van der Waals surface area contributed by atoms with E-state index in [1.54, 1.807) is 6.07 Å². The van der Waals surface area contributed by atoms with E-state index in [1.807, 2.05) is 0 Å². The zero-order chi connectivity index (χ0) is 13.0. The largest absolute Gasteiger partial charge is 0.397 e. The second kappa shape index (κ2) is 5.71. The molecule has 1 fully saturated rings. The first-order valence-corrected chi connectivity index (χ1v) is 6.46. The van der Waals surface area contributed by atoms with Crippen molar-refractivity contribution < 1.29 is 4.79 Å². The number of hydrogen-bond acceptors (Lipinski definition) is 4. The highest BCUT2D eigenvalue weighted by Gasteiger charge is 2.14. The molecular formula is C13H20N4O. The van der Waals surface area contributed by atoms with E-state index in [0.29, 0.717) is 17.1 Å². The van der Waals surface area contributed by atoms with Crippen LogP contribution in [-0.2, 0) is 0 Å². The molecule has 5 N–H and O–H groups in total. The molecule has 0 saturated heterocycles. The summed E-state index contributed by atoms with van der Waals surface area (Å²) in [6.45, 7) is 0.875. The number of nitrogens with zero attached hydrogens (tertiary/aromatic N) is 1. The summed E-state index contributed by atoms with van der Waals surface area (Å²) in [6, 6.07) is 1.62. The molecule has 1 amide bonds. The van der Waals surface area contributed by atoms with E-state index in [0.717, 1.165) is 18.9 Å². The summed E-state index contributed by atoms with van der Waals surface area (Å²) >= 11 is 0. The van der Waals surface area contributed by atoms with Crippen LogP contribution in [0.5, 0.6) is 0 Å². The monoisotopic (exact) mass is 248 g/mol. The molecule has 18 heavy (non-hydrogen) atoms. The minimum absolute atomic E-state index is 0.323. The molecule has 0 aromatic carbocycles. The van der Waals surface area contributed by atoms with E-state index in [-0.39, 0.29) is 0 Å². The molecule has 2 rings (SSSR count). The van der Waals surface area contributed by atoms with Gasteiger partial charge in [0.25, 0.3) is 5.91 Å². The number of hydrogen-bond donors (Lipinski definition) is 3. The number of amides is 1. The number of nitrogens with two attached hydrogens (primary N) is 2. The lowest BCUT2D eigenvalue weighted by Gasteiger charge is -2.11. The maximum atomic E-state index is 11.1. The van der Waals surface area contributed by atoms with E-state index in [9.17, 15) is 4.79 Å². The molecule has 0 atom stereocenters. The molecule has 0 radical (unpaired) electrons. The van der Waals surface area contributed by atoms with Gasteiger partial charge in [0, 0.05) is 6.54 Å². The van der Waals surface area contributed by atoms with Gasteiger partial charge in [-0.05, 0) is 18.4 Å². The van der Waals surface area contributed by atoms with E-state index in [4.69, 9.17) is 11.5 Å². The fourth-order valence-corrected chi connectivity index (χ4v) is 2.48. The highest BCUT2D eigenvalue weighted by atomic mass is 16.1. The molecule has 1 heterocycles. The topological polar surface area (TPSA) is 94.0 Å². The third-order valence-electron chi connectivity index (χ3n) is 3.53. The molecule has 1 aliphatic rings. The van der Waals surface area contributed by atoms with Crippen molar-refractivity contribution in [3.05, 3.63) is 17.8 Å². The first-order chi connectivity index (χ1) is 8.66. The summed E-state index contributed by atoms with van der Waals surface area (Å²) in [4.78, 5) is 15.3. The van der Waals surface area contributed by atoms with Crippen LogP contribution in [-0.4, -0.2) is 17.4 Å². The zero-order valence-corrected chi connectivity index (χ0v) is 10.5. The Kier molecular flexibility index (Phi) is 4.02. The number of carbonyl (C=O) groups is 1. The van der Waals surface area contributed by atoms with Gasteiger partial charge < -0.3 is 16.8 Å². The Hall–Kier alpha value is -1.78. The third-order valence-corrected chi connectivity index (χ3v) is 3.53. The SMILES string of the molecule is NC(=O)c1cc(NCCC2CCCC2)ncc1N. The molecule has 1 aliphatic carbocycles. The van der Waals surface area contributed by atoms with Gasteiger partial charge in [-0.1, -0.05) is 25.7 Å². The van der Waals surface area contributed by atoms with Crippen LogP contribution in [0.1, 0.15) is 42.5 Å². The number of rotatable bonds is 5. The van der Waals surface area contributed by atoms with Crippen LogP contribution in [0.25, 0.3) is 0 Å². The van der Waals surface area contributed by atoms with Crippen molar-refractivity contribution in [2.24, 2.45) is 11.7 Å². The molecule has 1 aromatic heterocycles. The van der Waals surface area contributed by atoms with E-state index in [2.05, 4.69) is 10.3 Å². The second-order valence-electron chi connectivity index (χ2n) is 4.89. The van der Waals surface area contributed by atoms with Gasteiger partial charge in [0.15, 0.2) is 0 Å². The van der Waals surface area contributed by atoms with E-state index in [1.165, 1.54) is 31.9 Å². The first-order valence-electron chi connectivity index (χ1n) is 6.46. The average Bonchev–Trinajstić information content (AvgIpc) is 2.84. The van der Waals surface area contributed by atoms with Gasteiger partial charge in [-0.2, -0.15) is 0 Å². The van der Waals surface area contributed by atoms with Gasteiger partial charge in [0.05, 0.1) is 17.4 Å². The number of pyridine rings is 1. The van der Waals surface area contributed by atoms with Gasteiger partial charge >= 0.3 is 0 Å². The average molecular weight is 248 g/mol. The summed E-state index contributed by atoms with van der Waals surface area (Å²) in [5.74, 6) is 0.978. The number of nitrogens with one attached hydrogen (secondary N) is 1. The second-order valence-corrected chi connectivity index (χ2v) is 4.89. The van der Waals surface area contributed by atoms with Gasteiger partial charge in [-0.15, -0.1) is 0 Å².